The first-order valence-electron chi connectivity index (χ1n) is 8.37. The quantitative estimate of drug-likeness (QED) is 0.649. The van der Waals surface area contributed by atoms with Crippen LogP contribution >= 0.6 is 0 Å². The van der Waals surface area contributed by atoms with Crippen LogP contribution in [0.2, 0.25) is 0 Å². The third-order valence-corrected chi connectivity index (χ3v) is 4.15. The second-order valence-corrected chi connectivity index (χ2v) is 6.46. The fourth-order valence-corrected chi connectivity index (χ4v) is 2.95. The van der Waals surface area contributed by atoms with E-state index < -0.39 is 0 Å². The normalized spacial score (nSPS) is 16.8. The van der Waals surface area contributed by atoms with Crippen LogP contribution in [0.25, 0.3) is 0 Å². The SMILES string of the molecule is CN=C(NCc1ccc(CN(C)C)cc1)NC1CCCCC1. The molecule has 1 aromatic carbocycles. The van der Waals surface area contributed by atoms with E-state index in [2.05, 4.69) is 58.9 Å². The molecule has 0 aliphatic heterocycles. The molecule has 1 aromatic rings. The zero-order valence-corrected chi connectivity index (χ0v) is 14.2. The Labute approximate surface area is 135 Å². The Morgan fingerprint density at radius 3 is 2.32 bits per heavy atom. The van der Waals surface area contributed by atoms with Crippen LogP contribution in [0.4, 0.5) is 0 Å². The molecule has 22 heavy (non-hydrogen) atoms. The Bertz CT molecular complexity index is 458. The molecule has 0 unspecified atom stereocenters. The summed E-state index contributed by atoms with van der Waals surface area (Å²) in [6.07, 6.45) is 6.58. The molecule has 0 spiro atoms. The minimum atomic E-state index is 0.586. The molecule has 1 saturated carbocycles. The molecule has 122 valence electrons. The van der Waals surface area contributed by atoms with Crippen LogP contribution in [0.15, 0.2) is 29.3 Å². The molecule has 0 amide bonds. The van der Waals surface area contributed by atoms with Crippen LogP contribution in [0.1, 0.15) is 43.2 Å². The minimum absolute atomic E-state index is 0.586. The summed E-state index contributed by atoms with van der Waals surface area (Å²) in [5.74, 6) is 0.921. The summed E-state index contributed by atoms with van der Waals surface area (Å²) in [7, 11) is 6.03. The van der Waals surface area contributed by atoms with E-state index in [9.17, 15) is 0 Å². The van der Waals surface area contributed by atoms with E-state index in [1.54, 1.807) is 0 Å². The summed E-state index contributed by atoms with van der Waals surface area (Å²) in [4.78, 5) is 6.53. The Morgan fingerprint density at radius 2 is 1.73 bits per heavy atom. The first-order chi connectivity index (χ1) is 10.7. The summed E-state index contributed by atoms with van der Waals surface area (Å²) in [5.41, 5.74) is 2.63. The molecule has 0 aromatic heterocycles. The Balaban J connectivity index is 1.79. The van der Waals surface area contributed by atoms with Gasteiger partial charge in [-0.3, -0.25) is 4.99 Å². The van der Waals surface area contributed by atoms with Gasteiger partial charge in [0.1, 0.15) is 0 Å². The molecule has 4 nitrogen and oxygen atoms in total. The van der Waals surface area contributed by atoms with Crippen LogP contribution in [0.3, 0.4) is 0 Å². The monoisotopic (exact) mass is 302 g/mol. The largest absolute Gasteiger partial charge is 0.354 e. The van der Waals surface area contributed by atoms with Crippen LogP contribution in [0, 0.1) is 0 Å². The molecule has 0 bridgehead atoms. The lowest BCUT2D eigenvalue weighted by Crippen LogP contribution is -2.43. The molecule has 0 atom stereocenters. The summed E-state index contributed by atoms with van der Waals surface area (Å²) >= 11 is 0. The summed E-state index contributed by atoms with van der Waals surface area (Å²) in [6.45, 7) is 1.80. The molecule has 0 radical (unpaired) electrons. The number of aliphatic imine (C=N–C) groups is 1. The van der Waals surface area contributed by atoms with Crippen molar-refractivity contribution in [2.24, 2.45) is 4.99 Å². The number of nitrogens with zero attached hydrogens (tertiary/aromatic N) is 2. The van der Waals surface area contributed by atoms with Crippen LogP contribution < -0.4 is 10.6 Å². The van der Waals surface area contributed by atoms with E-state index in [0.29, 0.717) is 6.04 Å². The maximum absolute atomic E-state index is 4.34. The van der Waals surface area contributed by atoms with E-state index in [4.69, 9.17) is 0 Å². The van der Waals surface area contributed by atoms with Gasteiger partial charge in [0.2, 0.25) is 0 Å². The number of hydrogen-bond acceptors (Lipinski definition) is 2. The lowest BCUT2D eigenvalue weighted by molar-refractivity contribution is 0.402. The topological polar surface area (TPSA) is 39.7 Å². The molecule has 1 fully saturated rings. The number of hydrogen-bond donors (Lipinski definition) is 2. The third kappa shape index (κ3) is 5.68. The first kappa shape index (κ1) is 16.8. The van der Waals surface area contributed by atoms with Crippen LogP contribution in [-0.2, 0) is 13.1 Å². The van der Waals surface area contributed by atoms with Crippen molar-refractivity contribution in [1.29, 1.82) is 0 Å². The van der Waals surface area contributed by atoms with Gasteiger partial charge in [0.25, 0.3) is 0 Å². The Morgan fingerprint density at radius 1 is 1.09 bits per heavy atom. The standard InChI is InChI=1S/C18H30N4/c1-19-18(21-17-7-5-4-6-8-17)20-13-15-9-11-16(12-10-15)14-22(2)3/h9-12,17H,4-8,13-14H2,1-3H3,(H2,19,20,21). The van der Waals surface area contributed by atoms with Gasteiger partial charge in [0, 0.05) is 26.2 Å². The molecule has 4 heteroatoms. The van der Waals surface area contributed by atoms with Crippen LogP contribution in [-0.4, -0.2) is 38.0 Å². The van der Waals surface area contributed by atoms with Crippen molar-refractivity contribution in [3.63, 3.8) is 0 Å². The van der Waals surface area contributed by atoms with Crippen molar-refractivity contribution in [1.82, 2.24) is 15.5 Å². The zero-order chi connectivity index (χ0) is 15.8. The van der Waals surface area contributed by atoms with Gasteiger partial charge >= 0.3 is 0 Å². The van der Waals surface area contributed by atoms with Crippen molar-refractivity contribution < 1.29 is 0 Å². The maximum Gasteiger partial charge on any atom is 0.191 e. The molecule has 0 saturated heterocycles. The average Bonchev–Trinajstić information content (AvgIpc) is 2.53. The van der Waals surface area contributed by atoms with E-state index in [-0.39, 0.29) is 0 Å². The highest BCUT2D eigenvalue weighted by molar-refractivity contribution is 5.79. The highest BCUT2D eigenvalue weighted by Crippen LogP contribution is 2.17. The summed E-state index contributed by atoms with van der Waals surface area (Å²) in [6, 6.07) is 9.38. The number of benzene rings is 1. The van der Waals surface area contributed by atoms with Gasteiger partial charge in [-0.05, 0) is 38.1 Å². The van der Waals surface area contributed by atoms with E-state index in [1.807, 2.05) is 7.05 Å². The second-order valence-electron chi connectivity index (χ2n) is 6.46. The molecular weight excluding hydrogens is 272 g/mol. The highest BCUT2D eigenvalue weighted by Gasteiger charge is 2.14. The third-order valence-electron chi connectivity index (χ3n) is 4.15. The van der Waals surface area contributed by atoms with Crippen molar-refractivity contribution >= 4 is 5.96 Å². The van der Waals surface area contributed by atoms with Gasteiger partial charge in [-0.25, -0.2) is 0 Å². The number of guanidine groups is 1. The van der Waals surface area contributed by atoms with E-state index >= 15 is 0 Å². The maximum atomic E-state index is 4.34. The van der Waals surface area contributed by atoms with Gasteiger partial charge in [-0.15, -0.1) is 0 Å². The molecule has 1 aliphatic rings. The molecule has 2 N–H and O–H groups in total. The fourth-order valence-electron chi connectivity index (χ4n) is 2.95. The number of rotatable bonds is 5. The minimum Gasteiger partial charge on any atom is -0.354 e. The van der Waals surface area contributed by atoms with Crippen molar-refractivity contribution in [2.45, 2.75) is 51.2 Å². The van der Waals surface area contributed by atoms with Gasteiger partial charge in [-0.2, -0.15) is 0 Å². The lowest BCUT2D eigenvalue weighted by atomic mass is 9.96. The van der Waals surface area contributed by atoms with Crippen molar-refractivity contribution in [3.8, 4) is 0 Å². The van der Waals surface area contributed by atoms with Gasteiger partial charge in [-0.1, -0.05) is 43.5 Å². The predicted octanol–water partition coefficient (Wildman–Crippen LogP) is 2.75. The average molecular weight is 302 g/mol. The molecule has 2 rings (SSSR count). The Kier molecular flexibility index (Phi) is 6.72. The second kappa shape index (κ2) is 8.79. The smallest absolute Gasteiger partial charge is 0.191 e. The highest BCUT2D eigenvalue weighted by atomic mass is 15.2. The number of nitrogens with one attached hydrogen (secondary N) is 2. The molecule has 1 aliphatic carbocycles. The van der Waals surface area contributed by atoms with Crippen molar-refractivity contribution in [3.05, 3.63) is 35.4 Å². The first-order valence-corrected chi connectivity index (χ1v) is 8.37. The van der Waals surface area contributed by atoms with E-state index in [1.165, 1.54) is 43.2 Å². The zero-order valence-electron chi connectivity index (χ0n) is 14.2. The predicted molar refractivity (Wildman–Crippen MR) is 94.0 cm³/mol. The fraction of sp³-hybridized carbons (Fsp3) is 0.611. The van der Waals surface area contributed by atoms with Gasteiger partial charge < -0.3 is 15.5 Å². The van der Waals surface area contributed by atoms with Gasteiger partial charge in [0.15, 0.2) is 5.96 Å². The summed E-state index contributed by atoms with van der Waals surface area (Å²) in [5, 5.41) is 6.97. The Hall–Kier alpha value is -1.55. The van der Waals surface area contributed by atoms with Crippen molar-refractivity contribution in [2.75, 3.05) is 21.1 Å². The lowest BCUT2D eigenvalue weighted by Gasteiger charge is -2.24. The van der Waals surface area contributed by atoms with Crippen LogP contribution in [0.5, 0.6) is 0 Å². The molecule has 0 heterocycles. The molecular formula is C18H30N4. The van der Waals surface area contributed by atoms with E-state index in [0.717, 1.165) is 19.0 Å². The summed E-state index contributed by atoms with van der Waals surface area (Å²) < 4.78 is 0. The van der Waals surface area contributed by atoms with Gasteiger partial charge in [0.05, 0.1) is 0 Å².